The van der Waals surface area contributed by atoms with Crippen molar-refractivity contribution >= 4 is 16.9 Å². The minimum Gasteiger partial charge on any atom is -0.494 e. The van der Waals surface area contributed by atoms with Crippen LogP contribution in [-0.4, -0.2) is 45.6 Å². The minimum absolute atomic E-state index is 0.122. The largest absolute Gasteiger partial charge is 0.494 e. The Hall–Kier alpha value is -3.88. The summed E-state index contributed by atoms with van der Waals surface area (Å²) in [5, 5.41) is 0.180. The molecule has 0 fully saturated rings. The molecular weight excluding hydrogens is 468 g/mol. The third-order valence-electron chi connectivity index (χ3n) is 4.95. The number of esters is 1. The van der Waals surface area contributed by atoms with E-state index in [9.17, 15) is 9.59 Å². The molecule has 3 aromatic rings. The standard InChI is InChI=1S/C27H32O9/c1-6-30-18-14-21(33-9-4)24-22(15-18)36-26(27(25(24)29)35-16-23(28)34-10-5)17-11-12-19(31-7-2)20(13-17)32-8-3/h11-15H,6-10,16H2,1-5H3. The van der Waals surface area contributed by atoms with Gasteiger partial charge in [-0.3, -0.25) is 4.79 Å². The zero-order valence-corrected chi connectivity index (χ0v) is 21.3. The van der Waals surface area contributed by atoms with Gasteiger partial charge in [0.25, 0.3) is 0 Å². The van der Waals surface area contributed by atoms with E-state index < -0.39 is 18.0 Å². The summed E-state index contributed by atoms with van der Waals surface area (Å²) < 4.78 is 39.6. The van der Waals surface area contributed by atoms with Crippen molar-refractivity contribution in [3.63, 3.8) is 0 Å². The summed E-state index contributed by atoms with van der Waals surface area (Å²) in [6.45, 7) is 10.4. The summed E-state index contributed by atoms with van der Waals surface area (Å²) in [5.41, 5.74) is 0.258. The molecule has 194 valence electrons. The smallest absolute Gasteiger partial charge is 0.344 e. The lowest BCUT2D eigenvalue weighted by Gasteiger charge is -2.16. The average molecular weight is 501 g/mol. The first-order valence-corrected chi connectivity index (χ1v) is 12.1. The van der Waals surface area contributed by atoms with Gasteiger partial charge in [-0.25, -0.2) is 4.79 Å². The Bertz CT molecular complexity index is 1250. The van der Waals surface area contributed by atoms with Crippen LogP contribution in [-0.2, 0) is 9.53 Å². The van der Waals surface area contributed by atoms with E-state index in [1.807, 2.05) is 27.7 Å². The first kappa shape index (κ1) is 26.7. The normalized spacial score (nSPS) is 10.7. The van der Waals surface area contributed by atoms with Crippen LogP contribution in [0.1, 0.15) is 34.6 Å². The number of hydrogen-bond acceptors (Lipinski definition) is 9. The van der Waals surface area contributed by atoms with Crippen molar-refractivity contribution in [3.8, 4) is 40.1 Å². The van der Waals surface area contributed by atoms with Crippen molar-refractivity contribution in [1.82, 2.24) is 0 Å². The van der Waals surface area contributed by atoms with Crippen LogP contribution in [0.15, 0.2) is 39.5 Å². The van der Waals surface area contributed by atoms with Crippen LogP contribution in [0.2, 0.25) is 0 Å². The molecule has 2 aromatic carbocycles. The Morgan fingerprint density at radius 3 is 2.08 bits per heavy atom. The first-order valence-electron chi connectivity index (χ1n) is 12.1. The number of hydrogen-bond donors (Lipinski definition) is 0. The van der Waals surface area contributed by atoms with E-state index in [0.29, 0.717) is 55.0 Å². The van der Waals surface area contributed by atoms with Crippen molar-refractivity contribution < 1.29 is 37.6 Å². The van der Waals surface area contributed by atoms with Gasteiger partial charge in [-0.15, -0.1) is 0 Å². The van der Waals surface area contributed by atoms with Gasteiger partial charge in [0.2, 0.25) is 11.2 Å². The maximum absolute atomic E-state index is 13.7. The van der Waals surface area contributed by atoms with Crippen LogP contribution < -0.4 is 29.1 Å². The fourth-order valence-corrected chi connectivity index (χ4v) is 3.61. The zero-order valence-electron chi connectivity index (χ0n) is 21.3. The molecule has 36 heavy (non-hydrogen) atoms. The predicted molar refractivity (Wildman–Crippen MR) is 135 cm³/mol. The van der Waals surface area contributed by atoms with Gasteiger partial charge in [-0.2, -0.15) is 0 Å². The van der Waals surface area contributed by atoms with Crippen LogP contribution in [0.3, 0.4) is 0 Å². The van der Waals surface area contributed by atoms with E-state index in [-0.39, 0.29) is 29.1 Å². The van der Waals surface area contributed by atoms with Gasteiger partial charge in [-0.1, -0.05) is 0 Å². The molecule has 0 unspecified atom stereocenters. The molecule has 0 radical (unpaired) electrons. The van der Waals surface area contributed by atoms with Gasteiger partial charge >= 0.3 is 5.97 Å². The van der Waals surface area contributed by atoms with Crippen molar-refractivity contribution in [1.29, 1.82) is 0 Å². The summed E-state index contributed by atoms with van der Waals surface area (Å²) in [6.07, 6.45) is 0. The van der Waals surface area contributed by atoms with Crippen LogP contribution in [0.5, 0.6) is 28.7 Å². The van der Waals surface area contributed by atoms with Crippen molar-refractivity contribution in [2.24, 2.45) is 0 Å². The predicted octanol–water partition coefficient (Wildman–Crippen LogP) is 5.00. The van der Waals surface area contributed by atoms with Gasteiger partial charge in [0, 0.05) is 17.7 Å². The first-order chi connectivity index (χ1) is 17.5. The Kier molecular flexibility index (Phi) is 9.44. The maximum Gasteiger partial charge on any atom is 0.344 e. The van der Waals surface area contributed by atoms with Gasteiger partial charge in [-0.05, 0) is 52.8 Å². The molecular formula is C27H32O9. The fourth-order valence-electron chi connectivity index (χ4n) is 3.61. The molecule has 1 heterocycles. The highest BCUT2D eigenvalue weighted by Gasteiger charge is 2.23. The van der Waals surface area contributed by atoms with E-state index in [4.69, 9.17) is 32.8 Å². The number of carbonyl (C=O) groups excluding carboxylic acids is 1. The van der Waals surface area contributed by atoms with E-state index in [2.05, 4.69) is 0 Å². The molecule has 0 aliphatic carbocycles. The Balaban J connectivity index is 2.27. The number of benzene rings is 2. The molecule has 9 heteroatoms. The summed E-state index contributed by atoms with van der Waals surface area (Å²) in [7, 11) is 0. The topological polar surface area (TPSA) is 103 Å². The van der Waals surface area contributed by atoms with Gasteiger partial charge in [0.15, 0.2) is 23.9 Å². The fraction of sp³-hybridized carbons (Fsp3) is 0.407. The molecule has 0 atom stereocenters. The molecule has 0 aliphatic heterocycles. The lowest BCUT2D eigenvalue weighted by Crippen LogP contribution is -2.19. The number of carbonyl (C=O) groups is 1. The summed E-state index contributed by atoms with van der Waals surface area (Å²) in [5.74, 6) is 1.18. The third-order valence-corrected chi connectivity index (χ3v) is 4.95. The molecule has 0 saturated heterocycles. The Morgan fingerprint density at radius 1 is 0.750 bits per heavy atom. The lowest BCUT2D eigenvalue weighted by molar-refractivity contribution is -0.145. The minimum atomic E-state index is -0.610. The molecule has 0 bridgehead atoms. The van der Waals surface area contributed by atoms with Gasteiger partial charge in [0.1, 0.15) is 22.5 Å². The number of fused-ring (bicyclic) bond motifs is 1. The highest BCUT2D eigenvalue weighted by molar-refractivity contribution is 5.89. The Morgan fingerprint density at radius 2 is 1.42 bits per heavy atom. The van der Waals surface area contributed by atoms with Crippen molar-refractivity contribution in [2.75, 3.05) is 39.6 Å². The summed E-state index contributed by atoms with van der Waals surface area (Å²) in [4.78, 5) is 25.7. The molecule has 1 aromatic heterocycles. The highest BCUT2D eigenvalue weighted by atomic mass is 16.6. The second-order valence-electron chi connectivity index (χ2n) is 7.37. The van der Waals surface area contributed by atoms with E-state index in [1.165, 1.54) is 0 Å². The van der Waals surface area contributed by atoms with Crippen molar-refractivity contribution in [2.45, 2.75) is 34.6 Å². The molecule has 3 rings (SSSR count). The van der Waals surface area contributed by atoms with Crippen LogP contribution in [0, 0.1) is 0 Å². The molecule has 0 N–H and O–H groups in total. The van der Waals surface area contributed by atoms with E-state index in [0.717, 1.165) is 0 Å². The SMILES string of the molecule is CCOC(=O)COc1c(-c2ccc(OCC)c(OCC)c2)oc2cc(OCC)cc(OCC)c2c1=O. The molecule has 0 aliphatic rings. The van der Waals surface area contributed by atoms with Crippen LogP contribution >= 0.6 is 0 Å². The molecule has 0 amide bonds. The second kappa shape index (κ2) is 12.7. The van der Waals surface area contributed by atoms with Crippen LogP contribution in [0.4, 0.5) is 0 Å². The van der Waals surface area contributed by atoms with Crippen molar-refractivity contribution in [3.05, 3.63) is 40.6 Å². The number of ether oxygens (including phenoxy) is 6. The number of rotatable bonds is 13. The summed E-state index contributed by atoms with van der Waals surface area (Å²) >= 11 is 0. The van der Waals surface area contributed by atoms with Gasteiger partial charge < -0.3 is 32.8 Å². The Labute approximate surface area is 209 Å². The average Bonchev–Trinajstić information content (AvgIpc) is 2.85. The van der Waals surface area contributed by atoms with Gasteiger partial charge in [0.05, 0.1) is 33.0 Å². The molecule has 9 nitrogen and oxygen atoms in total. The molecule has 0 spiro atoms. The molecule has 0 saturated carbocycles. The van der Waals surface area contributed by atoms with E-state index in [1.54, 1.807) is 37.3 Å². The maximum atomic E-state index is 13.7. The monoisotopic (exact) mass is 500 g/mol. The third kappa shape index (κ3) is 6.02. The van der Waals surface area contributed by atoms with Crippen LogP contribution in [0.25, 0.3) is 22.3 Å². The zero-order chi connectivity index (χ0) is 26.1. The summed E-state index contributed by atoms with van der Waals surface area (Å²) in [6, 6.07) is 8.41. The van der Waals surface area contributed by atoms with E-state index >= 15 is 0 Å². The second-order valence-corrected chi connectivity index (χ2v) is 7.37. The highest BCUT2D eigenvalue weighted by Crippen LogP contribution is 2.39. The quantitative estimate of drug-likeness (QED) is 0.300. The lowest BCUT2D eigenvalue weighted by atomic mass is 10.1.